The Labute approximate surface area is 117 Å². The topological polar surface area (TPSA) is 79.3 Å². The van der Waals surface area contributed by atoms with Crippen molar-refractivity contribution < 1.29 is 14.7 Å². The van der Waals surface area contributed by atoms with Gasteiger partial charge in [0.05, 0.1) is 5.92 Å². The molecule has 2 aliphatic carbocycles. The molecule has 2 N–H and O–H groups in total. The van der Waals surface area contributed by atoms with Crippen LogP contribution in [-0.4, -0.2) is 28.0 Å². The van der Waals surface area contributed by atoms with Crippen LogP contribution in [0.5, 0.6) is 0 Å². The van der Waals surface area contributed by atoms with E-state index in [1.807, 2.05) is 6.92 Å². The van der Waals surface area contributed by atoms with Crippen LogP contribution in [0.1, 0.15) is 35.3 Å². The monoisotopic (exact) mass is 274 g/mol. The molecule has 0 spiro atoms. The number of carboxylic acid groups (broad SMARTS) is 1. The molecule has 2 bridgehead atoms. The van der Waals surface area contributed by atoms with Crippen LogP contribution in [0.3, 0.4) is 0 Å². The molecule has 1 aromatic heterocycles. The van der Waals surface area contributed by atoms with Gasteiger partial charge in [-0.3, -0.25) is 14.6 Å². The molecule has 0 saturated heterocycles. The van der Waals surface area contributed by atoms with Crippen LogP contribution in [0.15, 0.2) is 18.3 Å². The fourth-order valence-corrected chi connectivity index (χ4v) is 3.78. The molecule has 1 amide bonds. The summed E-state index contributed by atoms with van der Waals surface area (Å²) < 4.78 is 0. The van der Waals surface area contributed by atoms with Gasteiger partial charge in [0, 0.05) is 23.5 Å². The molecule has 1 heterocycles. The van der Waals surface area contributed by atoms with Gasteiger partial charge in [-0.2, -0.15) is 0 Å². The first kappa shape index (κ1) is 13.1. The molecule has 20 heavy (non-hydrogen) atoms. The summed E-state index contributed by atoms with van der Waals surface area (Å²) in [5, 5.41) is 12.3. The van der Waals surface area contributed by atoms with Gasteiger partial charge in [0.1, 0.15) is 0 Å². The van der Waals surface area contributed by atoms with E-state index in [4.69, 9.17) is 0 Å². The van der Waals surface area contributed by atoms with Crippen molar-refractivity contribution in [2.75, 3.05) is 0 Å². The average Bonchev–Trinajstić information content (AvgIpc) is 2.99. The summed E-state index contributed by atoms with van der Waals surface area (Å²) in [6.07, 6.45) is 4.52. The zero-order valence-electron chi connectivity index (χ0n) is 11.4. The highest BCUT2D eigenvalue weighted by molar-refractivity contribution is 5.94. The van der Waals surface area contributed by atoms with Gasteiger partial charge in [-0.15, -0.1) is 0 Å². The highest BCUT2D eigenvalue weighted by Crippen LogP contribution is 2.48. The van der Waals surface area contributed by atoms with Crippen molar-refractivity contribution in [1.29, 1.82) is 0 Å². The van der Waals surface area contributed by atoms with E-state index < -0.39 is 11.9 Å². The van der Waals surface area contributed by atoms with Crippen molar-refractivity contribution in [3.8, 4) is 0 Å². The Morgan fingerprint density at radius 1 is 1.35 bits per heavy atom. The van der Waals surface area contributed by atoms with Gasteiger partial charge in [0.2, 0.25) is 0 Å². The summed E-state index contributed by atoms with van der Waals surface area (Å²) in [5.74, 6) is -0.872. The third-order valence-corrected chi connectivity index (χ3v) is 4.66. The van der Waals surface area contributed by atoms with Crippen LogP contribution in [0, 0.1) is 24.7 Å². The number of carboxylic acids is 1. The van der Waals surface area contributed by atoms with Crippen LogP contribution in [0.25, 0.3) is 0 Å². The molecular formula is C15H18N2O3. The number of fused-ring (bicyclic) bond motifs is 2. The molecule has 0 aromatic carbocycles. The quantitative estimate of drug-likeness (QED) is 0.877. The predicted octanol–water partition coefficient (Wildman–Crippen LogP) is 1.62. The number of hydrogen-bond donors (Lipinski definition) is 2. The SMILES string of the molecule is Cc1cc(C(=O)NC2C3CCC(C3)C2C(=O)O)ccn1. The van der Waals surface area contributed by atoms with Crippen molar-refractivity contribution >= 4 is 11.9 Å². The first-order valence-corrected chi connectivity index (χ1v) is 7.02. The van der Waals surface area contributed by atoms with Crippen LogP contribution in [0.4, 0.5) is 0 Å². The third-order valence-electron chi connectivity index (χ3n) is 4.66. The zero-order chi connectivity index (χ0) is 14.3. The van der Waals surface area contributed by atoms with Gasteiger partial charge in [0.25, 0.3) is 5.91 Å². The van der Waals surface area contributed by atoms with Crippen molar-refractivity contribution in [1.82, 2.24) is 10.3 Å². The molecule has 4 unspecified atom stereocenters. The summed E-state index contributed by atoms with van der Waals surface area (Å²) in [5.41, 5.74) is 1.32. The minimum absolute atomic E-state index is 0.195. The van der Waals surface area contributed by atoms with Gasteiger partial charge in [-0.1, -0.05) is 0 Å². The van der Waals surface area contributed by atoms with E-state index >= 15 is 0 Å². The normalized spacial score (nSPS) is 31.2. The summed E-state index contributed by atoms with van der Waals surface area (Å²) in [4.78, 5) is 27.7. The Bertz CT molecular complexity index is 558. The molecule has 3 rings (SSSR count). The highest BCUT2D eigenvalue weighted by atomic mass is 16.4. The fourth-order valence-electron chi connectivity index (χ4n) is 3.78. The summed E-state index contributed by atoms with van der Waals surface area (Å²) >= 11 is 0. The fraction of sp³-hybridized carbons (Fsp3) is 0.533. The summed E-state index contributed by atoms with van der Waals surface area (Å²) in [7, 11) is 0. The maximum atomic E-state index is 12.3. The van der Waals surface area contributed by atoms with Crippen molar-refractivity contribution in [2.24, 2.45) is 17.8 Å². The van der Waals surface area contributed by atoms with Crippen molar-refractivity contribution in [3.63, 3.8) is 0 Å². The van der Waals surface area contributed by atoms with Crippen LogP contribution in [-0.2, 0) is 4.79 Å². The lowest BCUT2D eigenvalue weighted by molar-refractivity contribution is -0.144. The Balaban J connectivity index is 1.77. The number of rotatable bonds is 3. The number of aliphatic carboxylic acids is 1. The Kier molecular flexibility index (Phi) is 3.20. The maximum Gasteiger partial charge on any atom is 0.308 e. The largest absolute Gasteiger partial charge is 0.481 e. The molecule has 2 aliphatic rings. The molecule has 2 saturated carbocycles. The molecule has 5 heteroatoms. The lowest BCUT2D eigenvalue weighted by Gasteiger charge is -2.28. The minimum Gasteiger partial charge on any atom is -0.481 e. The molecular weight excluding hydrogens is 256 g/mol. The number of nitrogens with zero attached hydrogens (tertiary/aromatic N) is 1. The molecule has 0 radical (unpaired) electrons. The summed E-state index contributed by atoms with van der Waals surface area (Å²) in [6, 6.07) is 3.15. The average molecular weight is 274 g/mol. The first-order chi connectivity index (χ1) is 9.56. The van der Waals surface area contributed by atoms with Crippen LogP contribution >= 0.6 is 0 Å². The number of amides is 1. The Morgan fingerprint density at radius 2 is 2.10 bits per heavy atom. The number of aryl methyl sites for hydroxylation is 1. The van der Waals surface area contributed by atoms with Crippen LogP contribution in [0.2, 0.25) is 0 Å². The van der Waals surface area contributed by atoms with E-state index in [2.05, 4.69) is 10.3 Å². The van der Waals surface area contributed by atoms with Gasteiger partial charge < -0.3 is 10.4 Å². The van der Waals surface area contributed by atoms with Gasteiger partial charge in [0.15, 0.2) is 0 Å². The molecule has 5 nitrogen and oxygen atoms in total. The Morgan fingerprint density at radius 3 is 2.80 bits per heavy atom. The molecule has 0 aliphatic heterocycles. The predicted molar refractivity (Wildman–Crippen MR) is 72.2 cm³/mol. The molecule has 2 fully saturated rings. The van der Waals surface area contributed by atoms with Gasteiger partial charge in [-0.05, 0) is 50.2 Å². The second kappa shape index (κ2) is 4.89. The van der Waals surface area contributed by atoms with E-state index in [1.54, 1.807) is 18.3 Å². The number of aromatic nitrogens is 1. The van der Waals surface area contributed by atoms with E-state index in [0.717, 1.165) is 25.0 Å². The molecule has 1 aromatic rings. The first-order valence-electron chi connectivity index (χ1n) is 7.02. The second-order valence-corrected chi connectivity index (χ2v) is 5.88. The standard InChI is InChI=1S/C15H18N2O3/c1-8-6-11(4-5-16-8)14(18)17-13-10-3-2-9(7-10)12(13)15(19)20/h4-6,9-10,12-13H,2-3,7H2,1H3,(H,17,18)(H,19,20). The Hall–Kier alpha value is -1.91. The second-order valence-electron chi connectivity index (χ2n) is 5.88. The third kappa shape index (κ3) is 2.17. The molecule has 4 atom stereocenters. The lowest BCUT2D eigenvalue weighted by atomic mass is 9.84. The van der Waals surface area contributed by atoms with E-state index in [9.17, 15) is 14.7 Å². The van der Waals surface area contributed by atoms with Crippen molar-refractivity contribution in [2.45, 2.75) is 32.2 Å². The summed E-state index contributed by atoms with van der Waals surface area (Å²) in [6.45, 7) is 1.83. The van der Waals surface area contributed by atoms with Gasteiger partial charge in [-0.25, -0.2) is 0 Å². The number of carbonyl (C=O) groups is 2. The van der Waals surface area contributed by atoms with Crippen molar-refractivity contribution in [3.05, 3.63) is 29.6 Å². The van der Waals surface area contributed by atoms with Crippen LogP contribution < -0.4 is 5.32 Å². The van der Waals surface area contributed by atoms with E-state index in [1.165, 1.54) is 0 Å². The lowest BCUT2D eigenvalue weighted by Crippen LogP contribution is -2.46. The zero-order valence-corrected chi connectivity index (χ0v) is 11.4. The number of carbonyl (C=O) groups excluding carboxylic acids is 1. The number of nitrogens with one attached hydrogen (secondary N) is 1. The number of hydrogen-bond acceptors (Lipinski definition) is 3. The smallest absolute Gasteiger partial charge is 0.308 e. The highest BCUT2D eigenvalue weighted by Gasteiger charge is 2.51. The number of pyridine rings is 1. The van der Waals surface area contributed by atoms with Gasteiger partial charge >= 0.3 is 5.97 Å². The minimum atomic E-state index is -0.784. The maximum absolute atomic E-state index is 12.3. The van der Waals surface area contributed by atoms with E-state index in [0.29, 0.717) is 11.5 Å². The molecule has 106 valence electrons. The van der Waals surface area contributed by atoms with E-state index in [-0.39, 0.29) is 17.9 Å².